The van der Waals surface area contributed by atoms with Crippen LogP contribution in [0.15, 0.2) is 6.20 Å². The molecule has 0 radical (unpaired) electrons. The normalized spacial score (nSPS) is 26.5. The predicted molar refractivity (Wildman–Crippen MR) is 72.4 cm³/mol. The molecular weight excluding hydrogens is 226 g/mol. The fourth-order valence-electron chi connectivity index (χ4n) is 2.26. The van der Waals surface area contributed by atoms with Gasteiger partial charge in [-0.15, -0.1) is 5.10 Å². The van der Waals surface area contributed by atoms with Gasteiger partial charge in [-0.1, -0.05) is 5.21 Å². The zero-order valence-corrected chi connectivity index (χ0v) is 12.1. The van der Waals surface area contributed by atoms with Gasteiger partial charge < -0.3 is 5.32 Å². The van der Waals surface area contributed by atoms with Crippen molar-refractivity contribution in [2.75, 3.05) is 13.1 Å². The molecule has 5 heteroatoms. The Hall–Kier alpha value is -0.940. The molecule has 0 aliphatic carbocycles. The topological polar surface area (TPSA) is 46.0 Å². The highest BCUT2D eigenvalue weighted by Gasteiger charge is 2.25. The summed E-state index contributed by atoms with van der Waals surface area (Å²) in [6.07, 6.45) is 2.07. The van der Waals surface area contributed by atoms with Crippen LogP contribution < -0.4 is 5.32 Å². The van der Waals surface area contributed by atoms with Gasteiger partial charge in [-0.2, -0.15) is 0 Å². The fraction of sp³-hybridized carbons (Fsp3) is 0.846. The van der Waals surface area contributed by atoms with Gasteiger partial charge in [0.25, 0.3) is 0 Å². The minimum absolute atomic E-state index is 0.00755. The van der Waals surface area contributed by atoms with Gasteiger partial charge in [0.15, 0.2) is 0 Å². The fourth-order valence-corrected chi connectivity index (χ4v) is 2.26. The summed E-state index contributed by atoms with van der Waals surface area (Å²) in [5, 5.41) is 12.0. The standard InChI is InChI=1S/C13H25N5/c1-10-11(2)17(7-6-14-10)8-12-9-18(16-15-12)13(3,4)5/h9-11,14H,6-8H2,1-5H3. The molecule has 0 aromatic carbocycles. The highest BCUT2D eigenvalue weighted by Crippen LogP contribution is 2.15. The molecule has 0 amide bonds. The van der Waals surface area contributed by atoms with Gasteiger partial charge in [0.2, 0.25) is 0 Å². The van der Waals surface area contributed by atoms with Crippen molar-refractivity contribution in [3.8, 4) is 0 Å². The Bertz CT molecular complexity index is 392. The second-order valence-corrected chi connectivity index (χ2v) is 6.28. The molecule has 1 aliphatic heterocycles. The van der Waals surface area contributed by atoms with Crippen LogP contribution in [0.5, 0.6) is 0 Å². The maximum atomic E-state index is 4.29. The molecule has 1 saturated heterocycles. The van der Waals surface area contributed by atoms with Crippen LogP contribution in [0.4, 0.5) is 0 Å². The Morgan fingerprint density at radius 2 is 2.11 bits per heavy atom. The van der Waals surface area contributed by atoms with Gasteiger partial charge in [-0.25, -0.2) is 4.68 Å². The Morgan fingerprint density at radius 1 is 1.39 bits per heavy atom. The van der Waals surface area contributed by atoms with Gasteiger partial charge in [0.1, 0.15) is 0 Å². The van der Waals surface area contributed by atoms with Crippen molar-refractivity contribution >= 4 is 0 Å². The minimum Gasteiger partial charge on any atom is -0.311 e. The van der Waals surface area contributed by atoms with Gasteiger partial charge >= 0.3 is 0 Å². The molecule has 1 N–H and O–H groups in total. The van der Waals surface area contributed by atoms with Gasteiger partial charge in [-0.05, 0) is 34.6 Å². The van der Waals surface area contributed by atoms with Gasteiger partial charge in [0.05, 0.1) is 17.4 Å². The minimum atomic E-state index is 0.00755. The molecule has 0 spiro atoms. The van der Waals surface area contributed by atoms with Crippen LogP contribution in [0.1, 0.15) is 40.3 Å². The highest BCUT2D eigenvalue weighted by molar-refractivity contribution is 4.97. The summed E-state index contributed by atoms with van der Waals surface area (Å²) in [7, 11) is 0. The summed E-state index contributed by atoms with van der Waals surface area (Å²) < 4.78 is 1.94. The number of aromatic nitrogens is 3. The van der Waals surface area contributed by atoms with Crippen LogP contribution in [0, 0.1) is 0 Å². The van der Waals surface area contributed by atoms with E-state index in [1.807, 2.05) is 4.68 Å². The summed E-state index contributed by atoms with van der Waals surface area (Å²) in [6.45, 7) is 14.0. The Kier molecular flexibility index (Phi) is 3.73. The number of hydrogen-bond donors (Lipinski definition) is 1. The van der Waals surface area contributed by atoms with Crippen molar-refractivity contribution in [2.45, 2.75) is 58.8 Å². The van der Waals surface area contributed by atoms with Crippen molar-refractivity contribution in [3.05, 3.63) is 11.9 Å². The number of nitrogens with one attached hydrogen (secondary N) is 1. The molecule has 5 nitrogen and oxygen atoms in total. The highest BCUT2D eigenvalue weighted by atomic mass is 15.4. The molecule has 1 aromatic heterocycles. The molecule has 2 heterocycles. The second kappa shape index (κ2) is 4.97. The average Bonchev–Trinajstić information content (AvgIpc) is 2.73. The van der Waals surface area contributed by atoms with E-state index in [0.717, 1.165) is 25.3 Å². The third-order valence-corrected chi connectivity index (χ3v) is 3.76. The molecule has 1 fully saturated rings. The largest absolute Gasteiger partial charge is 0.311 e. The lowest BCUT2D eigenvalue weighted by Crippen LogP contribution is -2.54. The summed E-state index contributed by atoms with van der Waals surface area (Å²) in [5.41, 5.74) is 1.07. The monoisotopic (exact) mass is 251 g/mol. The number of rotatable bonds is 2. The first kappa shape index (κ1) is 13.5. The SMILES string of the molecule is CC1NCCN(Cc2cn(C(C)(C)C)nn2)C1C. The van der Waals surface area contributed by atoms with Gasteiger partial charge in [-0.3, -0.25) is 4.90 Å². The van der Waals surface area contributed by atoms with E-state index >= 15 is 0 Å². The first-order valence-corrected chi connectivity index (χ1v) is 6.77. The average molecular weight is 251 g/mol. The van der Waals surface area contributed by atoms with Crippen molar-refractivity contribution in [3.63, 3.8) is 0 Å². The van der Waals surface area contributed by atoms with Crippen LogP contribution >= 0.6 is 0 Å². The van der Waals surface area contributed by atoms with Crippen molar-refractivity contribution in [1.29, 1.82) is 0 Å². The lowest BCUT2D eigenvalue weighted by atomic mass is 10.1. The van der Waals surface area contributed by atoms with Crippen molar-refractivity contribution in [1.82, 2.24) is 25.2 Å². The lowest BCUT2D eigenvalue weighted by molar-refractivity contribution is 0.129. The molecule has 2 rings (SSSR count). The summed E-state index contributed by atoms with van der Waals surface area (Å²) in [4.78, 5) is 2.47. The smallest absolute Gasteiger partial charge is 0.0967 e. The zero-order chi connectivity index (χ0) is 13.3. The van der Waals surface area contributed by atoms with Crippen molar-refractivity contribution < 1.29 is 0 Å². The van der Waals surface area contributed by atoms with Crippen LogP contribution in [-0.2, 0) is 12.1 Å². The molecule has 18 heavy (non-hydrogen) atoms. The van der Waals surface area contributed by atoms with E-state index in [1.54, 1.807) is 0 Å². The van der Waals surface area contributed by atoms with E-state index in [0.29, 0.717) is 12.1 Å². The predicted octanol–water partition coefficient (Wildman–Crippen LogP) is 1.22. The molecular formula is C13H25N5. The molecule has 2 unspecified atom stereocenters. The van der Waals surface area contributed by atoms with Crippen LogP contribution in [0.3, 0.4) is 0 Å². The lowest BCUT2D eigenvalue weighted by Gasteiger charge is -2.38. The van der Waals surface area contributed by atoms with Crippen LogP contribution in [-0.4, -0.2) is 45.1 Å². The van der Waals surface area contributed by atoms with Gasteiger partial charge in [0, 0.05) is 31.7 Å². The summed E-state index contributed by atoms with van der Waals surface area (Å²) in [6, 6.07) is 1.08. The summed E-state index contributed by atoms with van der Waals surface area (Å²) >= 11 is 0. The molecule has 2 atom stereocenters. The van der Waals surface area contributed by atoms with Crippen LogP contribution in [0.2, 0.25) is 0 Å². The Balaban J connectivity index is 2.03. The summed E-state index contributed by atoms with van der Waals surface area (Å²) in [5.74, 6) is 0. The maximum Gasteiger partial charge on any atom is 0.0967 e. The first-order valence-electron chi connectivity index (χ1n) is 6.77. The van der Waals surface area contributed by atoms with E-state index in [4.69, 9.17) is 0 Å². The molecule has 1 aromatic rings. The van der Waals surface area contributed by atoms with Crippen molar-refractivity contribution in [2.24, 2.45) is 0 Å². The Morgan fingerprint density at radius 3 is 2.72 bits per heavy atom. The van der Waals surface area contributed by atoms with E-state index < -0.39 is 0 Å². The molecule has 0 bridgehead atoms. The number of nitrogens with zero attached hydrogens (tertiary/aromatic N) is 4. The van der Waals surface area contributed by atoms with E-state index in [1.165, 1.54) is 0 Å². The third-order valence-electron chi connectivity index (χ3n) is 3.76. The first-order chi connectivity index (χ1) is 8.38. The van der Waals surface area contributed by atoms with Crippen LogP contribution in [0.25, 0.3) is 0 Å². The quantitative estimate of drug-likeness (QED) is 0.858. The molecule has 0 saturated carbocycles. The number of hydrogen-bond acceptors (Lipinski definition) is 4. The maximum absolute atomic E-state index is 4.29. The van der Waals surface area contributed by atoms with E-state index in [9.17, 15) is 0 Å². The molecule has 102 valence electrons. The number of piperazine rings is 1. The zero-order valence-electron chi connectivity index (χ0n) is 12.1. The van der Waals surface area contributed by atoms with E-state index in [-0.39, 0.29) is 5.54 Å². The molecule has 1 aliphatic rings. The van der Waals surface area contributed by atoms with E-state index in [2.05, 4.69) is 61.3 Å². The second-order valence-electron chi connectivity index (χ2n) is 6.28. The Labute approximate surface area is 110 Å². The third kappa shape index (κ3) is 2.90.